The molecule has 5 nitrogen and oxygen atoms in total. The van der Waals surface area contributed by atoms with Crippen LogP contribution in [-0.2, 0) is 10.1 Å². The van der Waals surface area contributed by atoms with Crippen LogP contribution in [0.2, 0.25) is 0 Å². The standard InChI is InChI=1S/C12H7F3O5S/c13-12(14,15)21(18,19)20-8-4-5-9-7(6-8)2-1-3-10(9)11(16)17/h1-6H,(H,16,17). The highest BCUT2D eigenvalue weighted by Crippen LogP contribution is 2.29. The van der Waals surface area contributed by atoms with E-state index in [-0.39, 0.29) is 16.3 Å². The Morgan fingerprint density at radius 2 is 1.81 bits per heavy atom. The van der Waals surface area contributed by atoms with Crippen LogP contribution in [0, 0.1) is 0 Å². The van der Waals surface area contributed by atoms with E-state index in [2.05, 4.69) is 4.18 Å². The molecular formula is C12H7F3O5S. The predicted octanol–water partition coefficient (Wildman–Crippen LogP) is 2.77. The minimum absolute atomic E-state index is 0.0577. The summed E-state index contributed by atoms with van der Waals surface area (Å²) in [5, 5.41) is 9.46. The Labute approximate surface area is 116 Å². The lowest BCUT2D eigenvalue weighted by atomic mass is 10.0. The van der Waals surface area contributed by atoms with Crippen LogP contribution in [-0.4, -0.2) is 25.0 Å². The molecule has 0 fully saturated rings. The molecule has 0 unspecified atom stereocenters. The third-order valence-electron chi connectivity index (χ3n) is 2.57. The van der Waals surface area contributed by atoms with Gasteiger partial charge in [0.1, 0.15) is 5.75 Å². The first-order valence-electron chi connectivity index (χ1n) is 5.38. The average molecular weight is 320 g/mol. The summed E-state index contributed by atoms with van der Waals surface area (Å²) < 4.78 is 62.4. The highest BCUT2D eigenvalue weighted by molar-refractivity contribution is 7.88. The largest absolute Gasteiger partial charge is 0.534 e. The summed E-state index contributed by atoms with van der Waals surface area (Å²) in [7, 11) is -5.76. The van der Waals surface area contributed by atoms with Crippen LogP contribution in [0.15, 0.2) is 36.4 Å². The molecule has 0 bridgehead atoms. The van der Waals surface area contributed by atoms with Gasteiger partial charge in [0.05, 0.1) is 5.56 Å². The summed E-state index contributed by atoms with van der Waals surface area (Å²) in [6, 6.07) is 7.28. The number of alkyl halides is 3. The molecule has 0 radical (unpaired) electrons. The van der Waals surface area contributed by atoms with Gasteiger partial charge in [-0.25, -0.2) is 4.79 Å². The number of hydrogen-bond acceptors (Lipinski definition) is 4. The van der Waals surface area contributed by atoms with Crippen molar-refractivity contribution in [1.29, 1.82) is 0 Å². The maximum atomic E-state index is 12.2. The van der Waals surface area contributed by atoms with Crippen molar-refractivity contribution in [3.05, 3.63) is 42.0 Å². The van der Waals surface area contributed by atoms with Crippen LogP contribution in [0.25, 0.3) is 10.8 Å². The average Bonchev–Trinajstić information content (AvgIpc) is 2.35. The SMILES string of the molecule is O=C(O)c1cccc2cc(OS(=O)(=O)C(F)(F)F)ccc12. The lowest BCUT2D eigenvalue weighted by molar-refractivity contribution is -0.0500. The minimum atomic E-state index is -5.76. The first-order valence-corrected chi connectivity index (χ1v) is 6.79. The summed E-state index contributed by atoms with van der Waals surface area (Å²) >= 11 is 0. The van der Waals surface area contributed by atoms with Gasteiger partial charge in [0.25, 0.3) is 0 Å². The van der Waals surface area contributed by atoms with Crippen LogP contribution >= 0.6 is 0 Å². The number of carboxylic acids is 1. The molecule has 0 atom stereocenters. The number of aromatic carboxylic acids is 1. The molecule has 2 rings (SSSR count). The Bertz CT molecular complexity index is 811. The lowest BCUT2D eigenvalue weighted by Crippen LogP contribution is -2.28. The maximum Gasteiger partial charge on any atom is 0.534 e. The summed E-state index contributed by atoms with van der Waals surface area (Å²) in [5.41, 5.74) is -5.59. The van der Waals surface area contributed by atoms with Crippen molar-refractivity contribution in [3.63, 3.8) is 0 Å². The van der Waals surface area contributed by atoms with Crippen molar-refractivity contribution in [2.45, 2.75) is 5.51 Å². The number of rotatable bonds is 3. The Balaban J connectivity index is 2.49. The van der Waals surface area contributed by atoms with Gasteiger partial charge in [-0.2, -0.15) is 21.6 Å². The Morgan fingerprint density at radius 1 is 1.14 bits per heavy atom. The van der Waals surface area contributed by atoms with Crippen LogP contribution < -0.4 is 4.18 Å². The number of fused-ring (bicyclic) bond motifs is 1. The zero-order valence-corrected chi connectivity index (χ0v) is 10.9. The van der Waals surface area contributed by atoms with Crippen LogP contribution in [0.5, 0.6) is 5.75 Å². The molecule has 0 aliphatic heterocycles. The van der Waals surface area contributed by atoms with E-state index in [1.165, 1.54) is 24.3 Å². The van der Waals surface area contributed by atoms with Gasteiger partial charge >= 0.3 is 21.6 Å². The summed E-state index contributed by atoms with van der Waals surface area (Å²) in [4.78, 5) is 11.0. The van der Waals surface area contributed by atoms with Gasteiger partial charge in [-0.3, -0.25) is 0 Å². The van der Waals surface area contributed by atoms with Gasteiger partial charge < -0.3 is 9.29 Å². The number of carboxylic acid groups (broad SMARTS) is 1. The molecule has 0 aliphatic rings. The summed E-state index contributed by atoms with van der Waals surface area (Å²) in [6.07, 6.45) is 0. The zero-order valence-electron chi connectivity index (χ0n) is 10.1. The van der Waals surface area contributed by atoms with Crippen LogP contribution in [0.1, 0.15) is 10.4 Å². The molecule has 1 N–H and O–H groups in total. The Morgan fingerprint density at radius 3 is 2.38 bits per heavy atom. The molecule has 112 valence electrons. The lowest BCUT2D eigenvalue weighted by Gasteiger charge is -2.10. The van der Waals surface area contributed by atoms with E-state index in [1.54, 1.807) is 0 Å². The second kappa shape index (κ2) is 4.92. The Hall–Kier alpha value is -2.29. The third kappa shape index (κ3) is 2.92. The van der Waals surface area contributed by atoms with Gasteiger partial charge in [-0.15, -0.1) is 0 Å². The molecule has 9 heteroatoms. The molecule has 0 saturated heterocycles. The van der Waals surface area contributed by atoms with Crippen molar-refractivity contribution < 1.29 is 35.7 Å². The highest BCUT2D eigenvalue weighted by Gasteiger charge is 2.48. The molecule has 0 saturated carbocycles. The van der Waals surface area contributed by atoms with Gasteiger partial charge in [0, 0.05) is 0 Å². The smallest absolute Gasteiger partial charge is 0.478 e. The van der Waals surface area contributed by atoms with E-state index >= 15 is 0 Å². The number of carbonyl (C=O) groups is 1. The molecule has 0 heterocycles. The zero-order chi connectivity index (χ0) is 15.8. The number of hydrogen-bond donors (Lipinski definition) is 1. The molecule has 0 amide bonds. The minimum Gasteiger partial charge on any atom is -0.478 e. The van der Waals surface area contributed by atoms with E-state index in [9.17, 15) is 26.4 Å². The first kappa shape index (κ1) is 15.1. The van der Waals surface area contributed by atoms with Gasteiger partial charge in [-0.1, -0.05) is 12.1 Å². The predicted molar refractivity (Wildman–Crippen MR) is 66.5 cm³/mol. The van der Waals surface area contributed by atoms with Gasteiger partial charge in [-0.05, 0) is 35.0 Å². The van der Waals surface area contributed by atoms with Crippen molar-refractivity contribution >= 4 is 26.9 Å². The Kier molecular flexibility index (Phi) is 3.54. The second-order valence-corrected chi connectivity index (χ2v) is 5.51. The second-order valence-electron chi connectivity index (χ2n) is 3.98. The normalized spacial score (nSPS) is 12.3. The number of benzene rings is 2. The van der Waals surface area contributed by atoms with E-state index in [0.29, 0.717) is 0 Å². The van der Waals surface area contributed by atoms with Crippen molar-refractivity contribution in [2.75, 3.05) is 0 Å². The molecule has 2 aromatic carbocycles. The molecule has 0 aromatic heterocycles. The van der Waals surface area contributed by atoms with Crippen molar-refractivity contribution in [1.82, 2.24) is 0 Å². The summed E-state index contributed by atoms with van der Waals surface area (Å²) in [5.74, 6) is -1.76. The fourth-order valence-electron chi connectivity index (χ4n) is 1.67. The van der Waals surface area contributed by atoms with E-state index in [4.69, 9.17) is 5.11 Å². The van der Waals surface area contributed by atoms with Gasteiger partial charge in [0.15, 0.2) is 0 Å². The highest BCUT2D eigenvalue weighted by atomic mass is 32.2. The monoisotopic (exact) mass is 320 g/mol. The maximum absolute atomic E-state index is 12.2. The topological polar surface area (TPSA) is 80.7 Å². The van der Waals surface area contributed by atoms with E-state index < -0.39 is 27.3 Å². The summed E-state index contributed by atoms with van der Waals surface area (Å²) in [6.45, 7) is 0. The third-order valence-corrected chi connectivity index (χ3v) is 3.55. The molecule has 2 aromatic rings. The van der Waals surface area contributed by atoms with Crippen molar-refractivity contribution in [2.24, 2.45) is 0 Å². The van der Waals surface area contributed by atoms with Crippen LogP contribution in [0.4, 0.5) is 13.2 Å². The fourth-order valence-corrected chi connectivity index (χ4v) is 2.13. The van der Waals surface area contributed by atoms with Crippen molar-refractivity contribution in [3.8, 4) is 5.75 Å². The van der Waals surface area contributed by atoms with Crippen LogP contribution in [0.3, 0.4) is 0 Å². The van der Waals surface area contributed by atoms with E-state index in [1.807, 2.05) is 0 Å². The molecule has 0 spiro atoms. The molecular weight excluding hydrogens is 313 g/mol. The quantitative estimate of drug-likeness (QED) is 0.695. The first-order chi connectivity index (χ1) is 9.62. The molecule has 21 heavy (non-hydrogen) atoms. The molecule has 0 aliphatic carbocycles. The van der Waals surface area contributed by atoms with Gasteiger partial charge in [0.2, 0.25) is 0 Å². The number of halogens is 3. The van der Waals surface area contributed by atoms with E-state index in [0.717, 1.165) is 12.1 Å². The fraction of sp³-hybridized carbons (Fsp3) is 0.0833.